The normalized spacial score (nSPS) is 11.0. The van der Waals surface area contributed by atoms with Crippen LogP contribution >= 0.6 is 0 Å². The first-order valence-corrected chi connectivity index (χ1v) is 9.75. The average Bonchev–Trinajstić information content (AvgIpc) is 2.62. The summed E-state index contributed by atoms with van der Waals surface area (Å²) in [6.07, 6.45) is 1.05. The zero-order valence-corrected chi connectivity index (χ0v) is 15.1. The third-order valence-corrected chi connectivity index (χ3v) is 4.15. The van der Waals surface area contributed by atoms with Gasteiger partial charge in [-0.25, -0.2) is 13.5 Å². The van der Waals surface area contributed by atoms with Gasteiger partial charge in [0.1, 0.15) is 0 Å². The highest BCUT2D eigenvalue weighted by molar-refractivity contribution is 7.92. The van der Waals surface area contributed by atoms with Crippen LogP contribution in [0, 0.1) is 0 Å². The fraction of sp³-hybridized carbons (Fsp3) is 0.0556. The van der Waals surface area contributed by atoms with Gasteiger partial charge in [-0.05, 0) is 42.5 Å². The smallest absolute Gasteiger partial charge is 0.264 e. The van der Waals surface area contributed by atoms with Crippen LogP contribution in [0.3, 0.4) is 0 Å². The lowest BCUT2D eigenvalue weighted by Gasteiger charge is -2.08. The van der Waals surface area contributed by atoms with Gasteiger partial charge in [0.2, 0.25) is 10.0 Å². The van der Waals surface area contributed by atoms with Crippen molar-refractivity contribution >= 4 is 27.3 Å². The van der Waals surface area contributed by atoms with E-state index in [1.54, 1.807) is 24.3 Å². The molecule has 0 bridgehead atoms. The van der Waals surface area contributed by atoms with Crippen LogP contribution in [0.15, 0.2) is 65.5 Å². The Bertz CT molecular complexity index is 1120. The molecule has 0 aliphatic heterocycles. The standard InChI is InChI=1S/C18H16N4O4S/c1-27(25,26)22-14-7-5-12(6-8-14)18(24)19-15-4-2-3-13(11-15)16-9-10-17(23)21-20-16/h2-11,22H,1H3,(H,19,24)(H,21,23). The zero-order chi connectivity index (χ0) is 19.4. The minimum atomic E-state index is -3.37. The Labute approximate surface area is 155 Å². The summed E-state index contributed by atoms with van der Waals surface area (Å²) in [6, 6.07) is 16.1. The molecule has 3 N–H and O–H groups in total. The minimum absolute atomic E-state index is 0.294. The quantitative estimate of drug-likeness (QED) is 0.622. The van der Waals surface area contributed by atoms with Crippen LogP contribution in [0.2, 0.25) is 0 Å². The van der Waals surface area contributed by atoms with Crippen LogP contribution in [0.25, 0.3) is 11.3 Å². The lowest BCUT2D eigenvalue weighted by molar-refractivity contribution is 0.102. The Morgan fingerprint density at radius 2 is 1.74 bits per heavy atom. The van der Waals surface area contributed by atoms with Crippen molar-refractivity contribution in [2.75, 3.05) is 16.3 Å². The molecule has 9 heteroatoms. The van der Waals surface area contributed by atoms with Gasteiger partial charge in [0.15, 0.2) is 0 Å². The SMILES string of the molecule is CS(=O)(=O)Nc1ccc(C(=O)Nc2cccc(-c3ccc(=O)[nH]n3)c2)cc1. The van der Waals surface area contributed by atoms with Crippen molar-refractivity contribution in [1.82, 2.24) is 10.2 Å². The van der Waals surface area contributed by atoms with Gasteiger partial charge in [0.25, 0.3) is 11.5 Å². The van der Waals surface area contributed by atoms with E-state index in [1.807, 2.05) is 6.07 Å². The molecule has 3 aromatic rings. The molecule has 0 unspecified atom stereocenters. The van der Waals surface area contributed by atoms with Crippen LogP contribution in [-0.4, -0.2) is 30.8 Å². The first-order chi connectivity index (χ1) is 12.8. The lowest BCUT2D eigenvalue weighted by Crippen LogP contribution is -2.13. The van der Waals surface area contributed by atoms with Gasteiger partial charge in [0.05, 0.1) is 11.9 Å². The predicted molar refractivity (Wildman–Crippen MR) is 103 cm³/mol. The molecule has 0 fully saturated rings. The van der Waals surface area contributed by atoms with E-state index < -0.39 is 10.0 Å². The van der Waals surface area contributed by atoms with E-state index in [2.05, 4.69) is 20.2 Å². The Kier molecular flexibility index (Phi) is 5.04. The number of hydrogen-bond donors (Lipinski definition) is 3. The van der Waals surface area contributed by atoms with E-state index in [1.165, 1.54) is 30.3 Å². The van der Waals surface area contributed by atoms with Gasteiger partial charge >= 0.3 is 0 Å². The first-order valence-electron chi connectivity index (χ1n) is 7.85. The van der Waals surface area contributed by atoms with Crippen molar-refractivity contribution in [3.63, 3.8) is 0 Å². The van der Waals surface area contributed by atoms with Crippen LogP contribution in [0.1, 0.15) is 10.4 Å². The molecule has 0 aliphatic carbocycles. The molecule has 138 valence electrons. The monoisotopic (exact) mass is 384 g/mol. The van der Waals surface area contributed by atoms with E-state index in [0.29, 0.717) is 22.6 Å². The van der Waals surface area contributed by atoms with Gasteiger partial charge in [-0.3, -0.25) is 14.3 Å². The molecule has 0 saturated heterocycles. The minimum Gasteiger partial charge on any atom is -0.322 e. The molecule has 1 aromatic heterocycles. The Hall–Kier alpha value is -3.46. The number of anilines is 2. The summed E-state index contributed by atoms with van der Waals surface area (Å²) in [4.78, 5) is 23.5. The third-order valence-electron chi connectivity index (χ3n) is 3.55. The highest BCUT2D eigenvalue weighted by Gasteiger charge is 2.09. The number of carbonyl (C=O) groups excluding carboxylic acids is 1. The first kappa shape index (κ1) is 18.3. The topological polar surface area (TPSA) is 121 Å². The highest BCUT2D eigenvalue weighted by atomic mass is 32.2. The molecule has 1 amide bonds. The maximum atomic E-state index is 12.4. The zero-order valence-electron chi connectivity index (χ0n) is 14.3. The fourth-order valence-electron chi connectivity index (χ4n) is 2.37. The van der Waals surface area contributed by atoms with E-state index in [-0.39, 0.29) is 11.5 Å². The maximum Gasteiger partial charge on any atom is 0.264 e. The van der Waals surface area contributed by atoms with E-state index >= 15 is 0 Å². The highest BCUT2D eigenvalue weighted by Crippen LogP contribution is 2.20. The lowest BCUT2D eigenvalue weighted by atomic mass is 10.1. The number of nitrogens with zero attached hydrogens (tertiary/aromatic N) is 1. The number of sulfonamides is 1. The van der Waals surface area contributed by atoms with Gasteiger partial charge in [-0.1, -0.05) is 12.1 Å². The molecule has 1 heterocycles. The summed E-state index contributed by atoms with van der Waals surface area (Å²) >= 11 is 0. The molecule has 0 atom stereocenters. The predicted octanol–water partition coefficient (Wildman–Crippen LogP) is 2.06. The van der Waals surface area contributed by atoms with Crippen molar-refractivity contribution in [2.24, 2.45) is 0 Å². The Morgan fingerprint density at radius 3 is 2.37 bits per heavy atom. The number of hydrogen-bond acceptors (Lipinski definition) is 5. The summed E-state index contributed by atoms with van der Waals surface area (Å²) in [5.74, 6) is -0.340. The maximum absolute atomic E-state index is 12.4. The van der Waals surface area contributed by atoms with Crippen molar-refractivity contribution < 1.29 is 13.2 Å². The number of rotatable bonds is 5. The van der Waals surface area contributed by atoms with E-state index in [9.17, 15) is 18.0 Å². The largest absolute Gasteiger partial charge is 0.322 e. The van der Waals surface area contributed by atoms with Crippen molar-refractivity contribution in [2.45, 2.75) is 0 Å². The van der Waals surface area contributed by atoms with E-state index in [4.69, 9.17) is 0 Å². The number of benzene rings is 2. The second kappa shape index (κ2) is 7.42. The molecule has 0 aliphatic rings. The van der Waals surface area contributed by atoms with Crippen LogP contribution < -0.4 is 15.6 Å². The summed E-state index contributed by atoms with van der Waals surface area (Å²) < 4.78 is 24.8. The molecular formula is C18H16N4O4S. The van der Waals surface area contributed by atoms with Crippen molar-refractivity contribution in [1.29, 1.82) is 0 Å². The van der Waals surface area contributed by atoms with Crippen LogP contribution in [0.5, 0.6) is 0 Å². The van der Waals surface area contributed by atoms with E-state index in [0.717, 1.165) is 11.8 Å². The Balaban J connectivity index is 1.75. The molecule has 0 spiro atoms. The van der Waals surface area contributed by atoms with Gasteiger partial charge in [0, 0.05) is 28.6 Å². The molecule has 0 saturated carbocycles. The van der Waals surface area contributed by atoms with Crippen molar-refractivity contribution in [3.05, 3.63) is 76.6 Å². The summed E-state index contributed by atoms with van der Waals surface area (Å²) in [6.45, 7) is 0. The van der Waals surface area contributed by atoms with Crippen LogP contribution in [-0.2, 0) is 10.0 Å². The van der Waals surface area contributed by atoms with Crippen LogP contribution in [0.4, 0.5) is 11.4 Å². The number of amides is 1. The molecular weight excluding hydrogens is 368 g/mol. The second-order valence-electron chi connectivity index (χ2n) is 5.79. The number of H-pyrrole nitrogens is 1. The summed E-state index contributed by atoms with van der Waals surface area (Å²) in [5, 5.41) is 9.09. The number of aromatic nitrogens is 2. The molecule has 27 heavy (non-hydrogen) atoms. The Morgan fingerprint density at radius 1 is 1.00 bits per heavy atom. The fourth-order valence-corrected chi connectivity index (χ4v) is 2.93. The summed E-state index contributed by atoms with van der Waals surface area (Å²) in [7, 11) is -3.37. The molecule has 3 rings (SSSR count). The molecule has 2 aromatic carbocycles. The number of nitrogens with one attached hydrogen (secondary N) is 3. The second-order valence-corrected chi connectivity index (χ2v) is 7.54. The molecule has 8 nitrogen and oxygen atoms in total. The summed E-state index contributed by atoms with van der Waals surface area (Å²) in [5.41, 5.74) is 2.32. The van der Waals surface area contributed by atoms with Gasteiger partial charge in [-0.15, -0.1) is 0 Å². The van der Waals surface area contributed by atoms with Crippen molar-refractivity contribution in [3.8, 4) is 11.3 Å². The average molecular weight is 384 g/mol. The number of carbonyl (C=O) groups is 1. The molecule has 0 radical (unpaired) electrons. The van der Waals surface area contributed by atoms with Gasteiger partial charge < -0.3 is 5.32 Å². The third kappa shape index (κ3) is 5.02. The number of aromatic amines is 1. The van der Waals surface area contributed by atoms with Gasteiger partial charge in [-0.2, -0.15) is 5.10 Å².